The number of carbonyl (C=O) groups excluding carboxylic acids is 3. The highest BCUT2D eigenvalue weighted by molar-refractivity contribution is 5.92. The smallest absolute Gasteiger partial charge is 0.412 e. The highest BCUT2D eigenvalue weighted by Crippen LogP contribution is 2.36. The number of carbonyl (C=O) groups is 3. The summed E-state index contributed by atoms with van der Waals surface area (Å²) in [7, 11) is 0. The number of phenolic OH excluding ortho intramolecular Hbond substituents is 6. The van der Waals surface area contributed by atoms with E-state index in [0.717, 1.165) is 24.3 Å². The van der Waals surface area contributed by atoms with Crippen molar-refractivity contribution in [1.82, 2.24) is 5.32 Å². The fourth-order valence-electron chi connectivity index (χ4n) is 3.08. The highest BCUT2D eigenvalue weighted by Gasteiger charge is 2.23. The van der Waals surface area contributed by atoms with Crippen LogP contribution in [-0.4, -0.2) is 67.9 Å². The predicted molar refractivity (Wildman–Crippen MR) is 128 cm³/mol. The third kappa shape index (κ3) is 7.31. The molecule has 1 amide bonds. The minimum atomic E-state index is -1.40. The van der Waals surface area contributed by atoms with E-state index < -0.39 is 84.0 Å². The highest BCUT2D eigenvalue weighted by atomic mass is 19.1. The molecule has 3 aromatic carbocycles. The van der Waals surface area contributed by atoms with E-state index in [1.807, 2.05) is 0 Å². The molecule has 0 fully saturated rings. The Balaban J connectivity index is 1.72. The predicted octanol–water partition coefficient (Wildman–Crippen LogP) is 2.56. The summed E-state index contributed by atoms with van der Waals surface area (Å²) in [5.74, 6) is -7.26. The fraction of sp³-hybridized carbons (Fsp3) is 0.160. The molecule has 0 aromatic heterocycles. The van der Waals surface area contributed by atoms with Crippen LogP contribution in [0.15, 0.2) is 48.5 Å². The van der Waals surface area contributed by atoms with E-state index in [1.165, 1.54) is 24.3 Å². The van der Waals surface area contributed by atoms with Crippen LogP contribution in [0.4, 0.5) is 9.18 Å². The van der Waals surface area contributed by atoms with E-state index in [4.69, 9.17) is 14.2 Å². The first-order valence-electron chi connectivity index (χ1n) is 11.0. The maximum atomic E-state index is 12.8. The number of nitrogens with one attached hydrogen (secondary N) is 1. The summed E-state index contributed by atoms with van der Waals surface area (Å²) in [4.78, 5) is 37.2. The molecule has 0 heterocycles. The van der Waals surface area contributed by atoms with Gasteiger partial charge < -0.3 is 50.2 Å². The molecule has 0 aliphatic heterocycles. The molecule has 1 unspecified atom stereocenters. The lowest BCUT2D eigenvalue weighted by molar-refractivity contribution is 0.0000654. The third-order valence-corrected chi connectivity index (χ3v) is 5.02. The van der Waals surface area contributed by atoms with Gasteiger partial charge in [0.05, 0.1) is 17.7 Å². The summed E-state index contributed by atoms with van der Waals surface area (Å²) >= 11 is 0. The van der Waals surface area contributed by atoms with Crippen LogP contribution < -0.4 is 10.1 Å². The summed E-state index contributed by atoms with van der Waals surface area (Å²) in [6.07, 6.45) is -2.43. The van der Waals surface area contributed by atoms with Crippen molar-refractivity contribution >= 4 is 18.0 Å². The molecular weight excluding hydrogens is 525 g/mol. The molecule has 0 radical (unpaired) electrons. The first-order valence-corrected chi connectivity index (χ1v) is 11.0. The van der Waals surface area contributed by atoms with E-state index in [2.05, 4.69) is 5.32 Å². The maximum Gasteiger partial charge on any atom is 0.412 e. The molecule has 206 valence electrons. The number of hydrogen-bond acceptors (Lipinski definition) is 12. The van der Waals surface area contributed by atoms with Crippen molar-refractivity contribution in [2.24, 2.45) is 0 Å². The average Bonchev–Trinajstić information content (AvgIpc) is 2.90. The first kappa shape index (κ1) is 28.2. The van der Waals surface area contributed by atoms with Gasteiger partial charge in [0.2, 0.25) is 0 Å². The fourth-order valence-corrected chi connectivity index (χ4v) is 3.08. The molecule has 39 heavy (non-hydrogen) atoms. The number of esters is 2. The van der Waals surface area contributed by atoms with Gasteiger partial charge in [-0.2, -0.15) is 0 Å². The van der Waals surface area contributed by atoms with Crippen LogP contribution in [0.1, 0.15) is 26.3 Å². The lowest BCUT2D eigenvalue weighted by Gasteiger charge is -2.19. The molecular formula is C25H22FNO12. The van der Waals surface area contributed by atoms with Gasteiger partial charge in [0.25, 0.3) is 0 Å². The van der Waals surface area contributed by atoms with Crippen LogP contribution in [-0.2, 0) is 16.1 Å². The van der Waals surface area contributed by atoms with E-state index in [-0.39, 0.29) is 16.9 Å². The number of aromatic hydroxyl groups is 6. The maximum absolute atomic E-state index is 12.8. The number of hydrogen-bond donors (Lipinski definition) is 7. The number of benzene rings is 3. The van der Waals surface area contributed by atoms with E-state index in [0.29, 0.717) is 0 Å². The Hall–Kier alpha value is -5.40. The summed E-state index contributed by atoms with van der Waals surface area (Å²) in [6.45, 7) is -1.98. The summed E-state index contributed by atoms with van der Waals surface area (Å²) in [5, 5.41) is 59.6. The number of phenols is 6. The van der Waals surface area contributed by atoms with Crippen LogP contribution in [0.5, 0.6) is 40.2 Å². The van der Waals surface area contributed by atoms with Crippen molar-refractivity contribution in [3.05, 3.63) is 65.2 Å². The number of ether oxygens (including phenoxy) is 3. The lowest BCUT2D eigenvalue weighted by atomic mass is 10.2. The largest absolute Gasteiger partial charge is 0.504 e. The number of amides is 1. The molecule has 0 aliphatic rings. The summed E-state index contributed by atoms with van der Waals surface area (Å²) in [6, 6.07) is 8.81. The van der Waals surface area contributed by atoms with Gasteiger partial charge in [-0.15, -0.1) is 0 Å². The van der Waals surface area contributed by atoms with Gasteiger partial charge in [-0.3, -0.25) is 0 Å². The summed E-state index contributed by atoms with van der Waals surface area (Å²) in [5.41, 5.74) is -0.523. The third-order valence-electron chi connectivity index (χ3n) is 5.02. The number of alkyl halides is 1. The molecule has 0 spiro atoms. The Bertz CT molecular complexity index is 1350. The molecule has 0 aliphatic carbocycles. The molecule has 0 bridgehead atoms. The van der Waals surface area contributed by atoms with Crippen LogP contribution >= 0.6 is 0 Å². The van der Waals surface area contributed by atoms with Crippen molar-refractivity contribution < 1.29 is 63.6 Å². The second-order valence-electron chi connectivity index (χ2n) is 7.90. The second-order valence-corrected chi connectivity index (χ2v) is 7.90. The van der Waals surface area contributed by atoms with Crippen molar-refractivity contribution in [2.45, 2.75) is 12.8 Å². The quantitative estimate of drug-likeness (QED) is 0.152. The second kappa shape index (κ2) is 12.2. The molecule has 1 atom stereocenters. The summed E-state index contributed by atoms with van der Waals surface area (Å²) < 4.78 is 28.1. The molecule has 14 heteroatoms. The Labute approximate surface area is 218 Å². The SMILES string of the molecule is O=C(NCC(COC(=O)c1cc(O)c(O)c(O)c1)OC(=O)c1cc(O)c(O)c(O)c1)Oc1cccc(CF)c1. The van der Waals surface area contributed by atoms with Crippen LogP contribution in [0, 0.1) is 0 Å². The number of rotatable bonds is 9. The van der Waals surface area contributed by atoms with Gasteiger partial charge in [-0.1, -0.05) is 12.1 Å². The van der Waals surface area contributed by atoms with Crippen LogP contribution in [0.2, 0.25) is 0 Å². The normalized spacial score (nSPS) is 11.3. The first-order chi connectivity index (χ1) is 18.5. The van der Waals surface area contributed by atoms with Crippen LogP contribution in [0.3, 0.4) is 0 Å². The minimum Gasteiger partial charge on any atom is -0.504 e. The Kier molecular flexibility index (Phi) is 8.83. The van der Waals surface area contributed by atoms with E-state index in [1.54, 1.807) is 0 Å². The van der Waals surface area contributed by atoms with Gasteiger partial charge in [0.15, 0.2) is 40.6 Å². The van der Waals surface area contributed by atoms with E-state index in [9.17, 15) is 49.4 Å². The van der Waals surface area contributed by atoms with Crippen LogP contribution in [0.25, 0.3) is 0 Å². The average molecular weight is 547 g/mol. The monoisotopic (exact) mass is 547 g/mol. The topological polar surface area (TPSA) is 212 Å². The van der Waals surface area contributed by atoms with Crippen molar-refractivity contribution in [1.29, 1.82) is 0 Å². The molecule has 13 nitrogen and oxygen atoms in total. The lowest BCUT2D eigenvalue weighted by Crippen LogP contribution is -2.39. The molecule has 3 aromatic rings. The van der Waals surface area contributed by atoms with Gasteiger partial charge in [0.1, 0.15) is 19.0 Å². The zero-order valence-corrected chi connectivity index (χ0v) is 19.8. The molecule has 7 N–H and O–H groups in total. The van der Waals surface area contributed by atoms with Gasteiger partial charge in [-0.25, -0.2) is 18.8 Å². The van der Waals surface area contributed by atoms with Gasteiger partial charge in [0, 0.05) is 0 Å². The molecule has 0 saturated heterocycles. The molecule has 0 saturated carbocycles. The Morgan fingerprint density at radius 2 is 1.33 bits per heavy atom. The zero-order chi connectivity index (χ0) is 28.7. The number of halogens is 1. The van der Waals surface area contributed by atoms with E-state index >= 15 is 0 Å². The zero-order valence-electron chi connectivity index (χ0n) is 19.8. The Morgan fingerprint density at radius 3 is 1.87 bits per heavy atom. The van der Waals surface area contributed by atoms with Crippen molar-refractivity contribution in [3.63, 3.8) is 0 Å². The van der Waals surface area contributed by atoms with Crippen molar-refractivity contribution in [2.75, 3.05) is 13.2 Å². The van der Waals surface area contributed by atoms with Gasteiger partial charge in [-0.05, 0) is 42.0 Å². The Morgan fingerprint density at radius 1 is 0.795 bits per heavy atom. The van der Waals surface area contributed by atoms with Crippen molar-refractivity contribution in [3.8, 4) is 40.2 Å². The minimum absolute atomic E-state index is 0.0182. The van der Waals surface area contributed by atoms with Gasteiger partial charge >= 0.3 is 18.0 Å². The standard InChI is InChI=1S/C25H22FNO12/c26-9-12-2-1-3-15(4-12)39-25(36)27-10-16(38-24(35)14-7-19(30)22(33)20(31)8-14)11-37-23(34)13-5-17(28)21(32)18(29)6-13/h1-8,16,28-33H,9-11H2,(H,27,36). The molecule has 3 rings (SSSR count).